The van der Waals surface area contributed by atoms with Gasteiger partial charge in [-0.1, -0.05) is 23.2 Å². The minimum Gasteiger partial charge on any atom is -0.473 e. The zero-order valence-corrected chi connectivity index (χ0v) is 14.8. The molecule has 0 unspecified atom stereocenters. The van der Waals surface area contributed by atoms with Gasteiger partial charge in [0, 0.05) is 5.02 Å². The van der Waals surface area contributed by atoms with Crippen molar-refractivity contribution in [3.63, 3.8) is 0 Å². The molecule has 6 nitrogen and oxygen atoms in total. The van der Waals surface area contributed by atoms with Crippen LogP contribution in [-0.4, -0.2) is 30.0 Å². The number of amides is 1. The average molecular weight is 361 g/mol. The molecule has 0 spiro atoms. The number of halogens is 2. The van der Waals surface area contributed by atoms with Gasteiger partial charge in [0.2, 0.25) is 0 Å². The lowest BCUT2D eigenvalue weighted by molar-refractivity contribution is 0.0520. The van der Waals surface area contributed by atoms with Crippen molar-refractivity contribution >= 4 is 40.3 Å². The standard InChI is InChI=1S/C15H18Cl2N2O4/c1-8-9(16)7-10(17)12-11(8)13(19-23-12)21-6-5-18-14(20)22-15(2,3)4/h7H,5-6H2,1-4H3,(H,18,20). The summed E-state index contributed by atoms with van der Waals surface area (Å²) in [7, 11) is 0. The van der Waals surface area contributed by atoms with Crippen molar-refractivity contribution < 1.29 is 18.8 Å². The van der Waals surface area contributed by atoms with E-state index >= 15 is 0 Å². The molecule has 1 amide bonds. The molecule has 0 aliphatic carbocycles. The van der Waals surface area contributed by atoms with Gasteiger partial charge in [-0.05, 0) is 44.5 Å². The van der Waals surface area contributed by atoms with Crippen molar-refractivity contribution in [2.24, 2.45) is 0 Å². The zero-order valence-electron chi connectivity index (χ0n) is 13.3. The van der Waals surface area contributed by atoms with Crippen LogP contribution in [-0.2, 0) is 4.74 Å². The first-order chi connectivity index (χ1) is 10.7. The van der Waals surface area contributed by atoms with Crippen LogP contribution >= 0.6 is 23.2 Å². The van der Waals surface area contributed by atoms with Crippen LogP contribution < -0.4 is 10.1 Å². The molecule has 0 bridgehead atoms. The van der Waals surface area contributed by atoms with Gasteiger partial charge in [-0.15, -0.1) is 0 Å². The van der Waals surface area contributed by atoms with Crippen LogP contribution in [0.3, 0.4) is 0 Å². The number of nitrogens with zero attached hydrogens (tertiary/aromatic N) is 1. The highest BCUT2D eigenvalue weighted by molar-refractivity contribution is 6.38. The number of aryl methyl sites for hydroxylation is 1. The molecule has 2 rings (SSSR count). The van der Waals surface area contributed by atoms with Crippen molar-refractivity contribution in [1.29, 1.82) is 0 Å². The van der Waals surface area contributed by atoms with E-state index in [1.807, 2.05) is 6.92 Å². The largest absolute Gasteiger partial charge is 0.473 e. The van der Waals surface area contributed by atoms with Crippen LogP contribution in [0.2, 0.25) is 10.0 Å². The van der Waals surface area contributed by atoms with Crippen molar-refractivity contribution in [2.75, 3.05) is 13.2 Å². The first kappa shape index (κ1) is 17.7. The number of carbonyl (C=O) groups excluding carboxylic acids is 1. The Bertz CT molecular complexity index is 722. The molecule has 1 heterocycles. The van der Waals surface area contributed by atoms with Crippen molar-refractivity contribution in [1.82, 2.24) is 10.5 Å². The molecular formula is C15H18Cl2N2O4. The number of aromatic nitrogens is 1. The predicted molar refractivity (Wildman–Crippen MR) is 88.5 cm³/mol. The first-order valence-electron chi connectivity index (χ1n) is 7.02. The third-order valence-electron chi connectivity index (χ3n) is 2.87. The topological polar surface area (TPSA) is 73.6 Å². The Hall–Kier alpha value is -1.66. The van der Waals surface area contributed by atoms with E-state index in [4.69, 9.17) is 37.2 Å². The molecule has 0 atom stereocenters. The van der Waals surface area contributed by atoms with Crippen LogP contribution in [0, 0.1) is 6.92 Å². The summed E-state index contributed by atoms with van der Waals surface area (Å²) in [5.41, 5.74) is 0.642. The number of ether oxygens (including phenoxy) is 2. The fourth-order valence-corrected chi connectivity index (χ4v) is 2.38. The number of benzene rings is 1. The van der Waals surface area contributed by atoms with Gasteiger partial charge < -0.3 is 19.3 Å². The molecule has 23 heavy (non-hydrogen) atoms. The van der Waals surface area contributed by atoms with Gasteiger partial charge >= 0.3 is 6.09 Å². The highest BCUT2D eigenvalue weighted by Gasteiger charge is 2.18. The lowest BCUT2D eigenvalue weighted by Gasteiger charge is -2.19. The van der Waals surface area contributed by atoms with E-state index in [9.17, 15) is 4.79 Å². The third-order valence-corrected chi connectivity index (χ3v) is 3.55. The summed E-state index contributed by atoms with van der Waals surface area (Å²) in [6.07, 6.45) is -0.506. The number of carbonyl (C=O) groups is 1. The molecule has 1 N–H and O–H groups in total. The third kappa shape index (κ3) is 4.42. The monoisotopic (exact) mass is 360 g/mol. The van der Waals surface area contributed by atoms with Gasteiger partial charge in [0.15, 0.2) is 5.58 Å². The summed E-state index contributed by atoms with van der Waals surface area (Å²) < 4.78 is 15.8. The summed E-state index contributed by atoms with van der Waals surface area (Å²) in [5.74, 6) is 0.285. The number of fused-ring (bicyclic) bond motifs is 1. The molecule has 2 aromatic rings. The lowest BCUT2D eigenvalue weighted by atomic mass is 10.1. The fourth-order valence-electron chi connectivity index (χ4n) is 1.89. The average Bonchev–Trinajstić information content (AvgIpc) is 2.83. The van der Waals surface area contributed by atoms with Crippen LogP contribution in [0.1, 0.15) is 26.3 Å². The van der Waals surface area contributed by atoms with Gasteiger partial charge in [0.05, 0.1) is 17.0 Å². The minimum absolute atomic E-state index is 0.199. The van der Waals surface area contributed by atoms with Crippen molar-refractivity contribution in [3.8, 4) is 5.88 Å². The van der Waals surface area contributed by atoms with Crippen LogP contribution in [0.15, 0.2) is 10.6 Å². The van der Waals surface area contributed by atoms with Gasteiger partial charge in [0.25, 0.3) is 5.88 Å². The molecule has 126 valence electrons. The number of rotatable bonds is 4. The van der Waals surface area contributed by atoms with E-state index in [2.05, 4.69) is 10.5 Å². The Morgan fingerprint density at radius 1 is 1.35 bits per heavy atom. The maximum atomic E-state index is 11.5. The first-order valence-corrected chi connectivity index (χ1v) is 7.78. The normalized spacial score (nSPS) is 11.6. The Balaban J connectivity index is 1.97. The molecule has 0 fully saturated rings. The minimum atomic E-state index is -0.544. The predicted octanol–water partition coefficient (Wildman–Crippen LogP) is 4.35. The highest BCUT2D eigenvalue weighted by Crippen LogP contribution is 2.37. The number of hydrogen-bond donors (Lipinski definition) is 1. The maximum Gasteiger partial charge on any atom is 0.407 e. The Kier molecular flexibility index (Phi) is 5.26. The molecule has 0 saturated heterocycles. The SMILES string of the molecule is Cc1c(Cl)cc(Cl)c2onc(OCCNC(=O)OC(C)(C)C)c12. The van der Waals surface area contributed by atoms with Crippen molar-refractivity contribution in [3.05, 3.63) is 21.7 Å². The van der Waals surface area contributed by atoms with Crippen LogP contribution in [0.25, 0.3) is 11.0 Å². The number of alkyl carbamates (subject to hydrolysis) is 1. The highest BCUT2D eigenvalue weighted by atomic mass is 35.5. The molecular weight excluding hydrogens is 343 g/mol. The second-order valence-electron chi connectivity index (χ2n) is 5.93. The summed E-state index contributed by atoms with van der Waals surface area (Å²) in [6, 6.07) is 1.60. The maximum absolute atomic E-state index is 11.5. The molecule has 0 saturated carbocycles. The van der Waals surface area contributed by atoms with Gasteiger partial charge in [-0.3, -0.25) is 0 Å². The Labute approximate surface area is 144 Å². The summed E-state index contributed by atoms with van der Waals surface area (Å²) >= 11 is 12.2. The molecule has 0 aliphatic rings. The Morgan fingerprint density at radius 2 is 2.04 bits per heavy atom. The molecule has 0 aliphatic heterocycles. The fraction of sp³-hybridized carbons (Fsp3) is 0.467. The second kappa shape index (κ2) is 6.84. The van der Waals surface area contributed by atoms with E-state index in [-0.39, 0.29) is 19.0 Å². The number of nitrogens with one attached hydrogen (secondary N) is 1. The Morgan fingerprint density at radius 3 is 2.70 bits per heavy atom. The van der Waals surface area contributed by atoms with Crippen molar-refractivity contribution in [2.45, 2.75) is 33.3 Å². The molecule has 0 radical (unpaired) electrons. The quantitative estimate of drug-likeness (QED) is 0.820. The van der Waals surface area contributed by atoms with Gasteiger partial charge in [-0.2, -0.15) is 0 Å². The van der Waals surface area contributed by atoms with Gasteiger partial charge in [0.1, 0.15) is 12.2 Å². The second-order valence-corrected chi connectivity index (χ2v) is 6.75. The molecule has 1 aromatic heterocycles. The van der Waals surface area contributed by atoms with E-state index in [0.717, 1.165) is 5.56 Å². The van der Waals surface area contributed by atoms with E-state index in [1.165, 1.54) is 0 Å². The molecule has 1 aromatic carbocycles. The van der Waals surface area contributed by atoms with Gasteiger partial charge in [-0.25, -0.2) is 4.79 Å². The lowest BCUT2D eigenvalue weighted by Crippen LogP contribution is -2.34. The van der Waals surface area contributed by atoms with E-state index in [1.54, 1.807) is 26.8 Å². The molecule has 8 heteroatoms. The summed E-state index contributed by atoms with van der Waals surface area (Å²) in [6.45, 7) is 7.66. The summed E-state index contributed by atoms with van der Waals surface area (Å²) in [5, 5.41) is 7.93. The van der Waals surface area contributed by atoms with E-state index in [0.29, 0.717) is 21.0 Å². The zero-order chi connectivity index (χ0) is 17.2. The van der Waals surface area contributed by atoms with Crippen LogP contribution in [0.4, 0.5) is 4.79 Å². The van der Waals surface area contributed by atoms with Crippen LogP contribution in [0.5, 0.6) is 5.88 Å². The summed E-state index contributed by atoms with van der Waals surface area (Å²) in [4.78, 5) is 11.5. The van der Waals surface area contributed by atoms with E-state index < -0.39 is 11.7 Å². The number of hydrogen-bond acceptors (Lipinski definition) is 5. The smallest absolute Gasteiger partial charge is 0.407 e.